The highest BCUT2D eigenvalue weighted by atomic mass is 32.2. The first-order valence-electron chi connectivity index (χ1n) is 10.5. The lowest BCUT2D eigenvalue weighted by molar-refractivity contribution is -0.113. The zero-order valence-electron chi connectivity index (χ0n) is 17.8. The molecule has 10 heteroatoms. The van der Waals surface area contributed by atoms with Crippen molar-refractivity contribution in [2.75, 3.05) is 17.7 Å². The van der Waals surface area contributed by atoms with Gasteiger partial charge in [0.25, 0.3) is 5.56 Å². The number of aryl methyl sites for hydroxylation is 2. The van der Waals surface area contributed by atoms with Crippen molar-refractivity contribution in [1.82, 2.24) is 19.2 Å². The van der Waals surface area contributed by atoms with Gasteiger partial charge in [-0.3, -0.25) is 18.6 Å². The Balaban J connectivity index is 1.42. The molecular weight excluding hydrogens is 446 g/mol. The first kappa shape index (κ1) is 21.2. The third kappa shape index (κ3) is 4.05. The highest BCUT2D eigenvalue weighted by molar-refractivity contribution is 7.99. The Morgan fingerprint density at radius 1 is 1.28 bits per heavy atom. The lowest BCUT2D eigenvalue weighted by atomic mass is 10.1. The van der Waals surface area contributed by atoms with Gasteiger partial charge in [0.2, 0.25) is 11.7 Å². The van der Waals surface area contributed by atoms with Gasteiger partial charge in [-0.15, -0.1) is 21.5 Å². The maximum Gasteiger partial charge on any atom is 0.272 e. The van der Waals surface area contributed by atoms with Gasteiger partial charge in [0.15, 0.2) is 5.16 Å². The van der Waals surface area contributed by atoms with Crippen LogP contribution in [0.1, 0.15) is 24.0 Å². The van der Waals surface area contributed by atoms with E-state index >= 15 is 0 Å². The van der Waals surface area contributed by atoms with Crippen molar-refractivity contribution in [3.05, 3.63) is 51.1 Å². The Bertz CT molecular complexity index is 1350. The molecule has 1 fully saturated rings. The maximum atomic E-state index is 13.1. The summed E-state index contributed by atoms with van der Waals surface area (Å²) in [6.07, 6.45) is 1.93. The van der Waals surface area contributed by atoms with Gasteiger partial charge in [-0.2, -0.15) is 0 Å². The van der Waals surface area contributed by atoms with Crippen LogP contribution in [-0.2, 0) is 16.1 Å². The van der Waals surface area contributed by atoms with Crippen LogP contribution in [0.25, 0.3) is 16.0 Å². The van der Waals surface area contributed by atoms with E-state index in [1.807, 2.05) is 41.8 Å². The Labute approximate surface area is 192 Å². The molecule has 166 valence electrons. The summed E-state index contributed by atoms with van der Waals surface area (Å²) in [6, 6.07) is 7.85. The number of carbonyl (C=O) groups is 1. The van der Waals surface area contributed by atoms with Gasteiger partial charge in [0, 0.05) is 12.3 Å². The number of ether oxygens (including phenoxy) is 1. The number of rotatable bonds is 6. The fraction of sp³-hybridized carbons (Fsp3) is 0.364. The Morgan fingerprint density at radius 2 is 2.09 bits per heavy atom. The molecule has 1 N–H and O–H groups in total. The molecule has 0 aliphatic carbocycles. The van der Waals surface area contributed by atoms with Crippen molar-refractivity contribution in [1.29, 1.82) is 0 Å². The molecule has 5 rings (SSSR count). The first-order chi connectivity index (χ1) is 15.5. The molecule has 4 aromatic rings. The van der Waals surface area contributed by atoms with Gasteiger partial charge >= 0.3 is 0 Å². The summed E-state index contributed by atoms with van der Waals surface area (Å²) in [5.41, 5.74) is 3.67. The van der Waals surface area contributed by atoms with Crippen molar-refractivity contribution in [2.45, 2.75) is 44.5 Å². The molecule has 1 aliphatic rings. The molecule has 1 aromatic carbocycles. The molecular formula is C22H23N5O3S2. The zero-order valence-corrected chi connectivity index (χ0v) is 19.5. The van der Waals surface area contributed by atoms with Gasteiger partial charge in [0.1, 0.15) is 4.70 Å². The average molecular weight is 470 g/mol. The summed E-state index contributed by atoms with van der Waals surface area (Å²) in [7, 11) is 0. The molecule has 0 bridgehead atoms. The lowest BCUT2D eigenvalue weighted by Gasteiger charge is -2.13. The van der Waals surface area contributed by atoms with Crippen molar-refractivity contribution in [3.8, 4) is 0 Å². The van der Waals surface area contributed by atoms with E-state index in [0.29, 0.717) is 22.2 Å². The summed E-state index contributed by atoms with van der Waals surface area (Å²) in [5, 5.41) is 14.0. The maximum absolute atomic E-state index is 13.1. The SMILES string of the molecule is Cc1cc(C)cc(NC(=O)CSc2nnc3n(CC4CCCO4)c(=O)c4sccc4n23)c1. The third-order valence-electron chi connectivity index (χ3n) is 5.43. The normalized spacial score (nSPS) is 16.2. The van der Waals surface area contributed by atoms with Crippen molar-refractivity contribution >= 4 is 50.7 Å². The number of anilines is 1. The van der Waals surface area contributed by atoms with E-state index in [1.165, 1.54) is 23.1 Å². The number of amides is 1. The van der Waals surface area contributed by atoms with Gasteiger partial charge in [-0.25, -0.2) is 0 Å². The molecule has 1 saturated heterocycles. The van der Waals surface area contributed by atoms with Gasteiger partial charge in [-0.05, 0) is 61.4 Å². The predicted octanol–water partition coefficient (Wildman–Crippen LogP) is 3.63. The molecule has 8 nitrogen and oxygen atoms in total. The first-order valence-corrected chi connectivity index (χ1v) is 12.3. The van der Waals surface area contributed by atoms with Crippen LogP contribution in [0.15, 0.2) is 39.6 Å². The summed E-state index contributed by atoms with van der Waals surface area (Å²) in [6.45, 7) is 5.18. The van der Waals surface area contributed by atoms with Gasteiger partial charge in [-0.1, -0.05) is 17.8 Å². The summed E-state index contributed by atoms with van der Waals surface area (Å²) >= 11 is 2.71. The van der Waals surface area contributed by atoms with Crippen LogP contribution in [0.4, 0.5) is 5.69 Å². The number of hydrogen-bond donors (Lipinski definition) is 1. The number of fused-ring (bicyclic) bond motifs is 3. The molecule has 3 aromatic heterocycles. The van der Waals surface area contributed by atoms with Crippen LogP contribution < -0.4 is 10.9 Å². The largest absolute Gasteiger partial charge is 0.376 e. The van der Waals surface area contributed by atoms with Crippen LogP contribution in [-0.4, -0.2) is 43.5 Å². The number of thioether (sulfide) groups is 1. The van der Waals surface area contributed by atoms with Crippen molar-refractivity contribution in [3.63, 3.8) is 0 Å². The van der Waals surface area contributed by atoms with Crippen LogP contribution in [0.5, 0.6) is 0 Å². The van der Waals surface area contributed by atoms with E-state index in [4.69, 9.17) is 4.74 Å². The second-order valence-corrected chi connectivity index (χ2v) is 9.88. The van der Waals surface area contributed by atoms with Gasteiger partial charge < -0.3 is 10.1 Å². The Kier molecular flexibility index (Phi) is 5.75. The number of benzene rings is 1. The molecule has 32 heavy (non-hydrogen) atoms. The molecule has 0 spiro atoms. The molecule has 0 saturated carbocycles. The van der Waals surface area contributed by atoms with Gasteiger partial charge in [0.05, 0.1) is 23.9 Å². The average Bonchev–Trinajstić information content (AvgIpc) is 3.49. The third-order valence-corrected chi connectivity index (χ3v) is 7.25. The smallest absolute Gasteiger partial charge is 0.272 e. The van der Waals surface area contributed by atoms with Crippen molar-refractivity contribution in [2.24, 2.45) is 0 Å². The molecule has 1 aliphatic heterocycles. The second-order valence-electron chi connectivity index (χ2n) is 8.02. The van der Waals surface area contributed by atoms with Crippen LogP contribution in [0.3, 0.4) is 0 Å². The second kappa shape index (κ2) is 8.68. The number of carbonyl (C=O) groups excluding carboxylic acids is 1. The minimum Gasteiger partial charge on any atom is -0.376 e. The van der Waals surface area contributed by atoms with E-state index in [0.717, 1.165) is 41.8 Å². The van der Waals surface area contributed by atoms with Crippen LogP contribution in [0, 0.1) is 13.8 Å². The predicted molar refractivity (Wildman–Crippen MR) is 127 cm³/mol. The van der Waals surface area contributed by atoms with Crippen LogP contribution >= 0.6 is 23.1 Å². The summed E-state index contributed by atoms with van der Waals surface area (Å²) < 4.78 is 9.92. The minimum absolute atomic E-state index is 0.00489. The molecule has 1 unspecified atom stereocenters. The quantitative estimate of drug-likeness (QED) is 0.434. The molecule has 0 radical (unpaired) electrons. The summed E-state index contributed by atoms with van der Waals surface area (Å²) in [5.74, 6) is 0.546. The van der Waals surface area contributed by atoms with Crippen molar-refractivity contribution < 1.29 is 9.53 Å². The number of aromatic nitrogens is 4. The highest BCUT2D eigenvalue weighted by Gasteiger charge is 2.23. The summed E-state index contributed by atoms with van der Waals surface area (Å²) in [4.78, 5) is 25.7. The van der Waals surface area contributed by atoms with E-state index in [9.17, 15) is 9.59 Å². The number of nitrogens with one attached hydrogen (secondary N) is 1. The van der Waals surface area contributed by atoms with Crippen LogP contribution in [0.2, 0.25) is 0 Å². The van der Waals surface area contributed by atoms with E-state index in [1.54, 1.807) is 4.57 Å². The molecule has 1 amide bonds. The highest BCUT2D eigenvalue weighted by Crippen LogP contribution is 2.25. The Morgan fingerprint density at radius 3 is 2.84 bits per heavy atom. The Hall–Kier alpha value is -2.69. The molecule has 4 heterocycles. The van der Waals surface area contributed by atoms with E-state index in [2.05, 4.69) is 21.6 Å². The number of nitrogens with zero attached hydrogens (tertiary/aromatic N) is 4. The van der Waals surface area contributed by atoms with E-state index in [-0.39, 0.29) is 23.3 Å². The fourth-order valence-electron chi connectivity index (χ4n) is 4.12. The molecule has 1 atom stereocenters. The standard InChI is InChI=1S/C22H23N5O3S2/c1-13-8-14(2)10-15(9-13)23-18(28)12-32-22-25-24-21-26(11-16-4-3-6-30-16)20(29)19-17(27(21)22)5-7-31-19/h5,7-10,16H,3-4,6,11-12H2,1-2H3,(H,23,28). The minimum atomic E-state index is -0.119. The zero-order chi connectivity index (χ0) is 22.2. The topological polar surface area (TPSA) is 90.5 Å². The number of thiophene rings is 1. The monoisotopic (exact) mass is 469 g/mol. The lowest BCUT2D eigenvalue weighted by Crippen LogP contribution is -2.28. The van der Waals surface area contributed by atoms with E-state index < -0.39 is 0 Å². The number of hydrogen-bond acceptors (Lipinski definition) is 7. The fourth-order valence-corrected chi connectivity index (χ4v) is 5.69.